The Hall–Kier alpha value is -2.15. The van der Waals surface area contributed by atoms with Gasteiger partial charge in [-0.1, -0.05) is 13.8 Å². The Morgan fingerprint density at radius 2 is 1.86 bits per heavy atom. The van der Waals surface area contributed by atoms with Crippen molar-refractivity contribution in [2.45, 2.75) is 52.5 Å². The Kier molecular flexibility index (Phi) is 7.11. The molecular weight excluding hydrogens is 368 g/mol. The lowest BCUT2D eigenvalue weighted by molar-refractivity contribution is -0.384. The molecule has 1 aromatic rings. The van der Waals surface area contributed by atoms with Crippen LogP contribution in [0.4, 0.5) is 11.4 Å². The smallest absolute Gasteiger partial charge is 0.270 e. The molecule has 1 aromatic carbocycles. The lowest BCUT2D eigenvalue weighted by Crippen LogP contribution is -2.47. The fourth-order valence-electron chi connectivity index (χ4n) is 4.91. The monoisotopic (exact) mass is 402 g/mol. The Balaban J connectivity index is 1.72. The zero-order valence-electron chi connectivity index (χ0n) is 17.9. The van der Waals surface area contributed by atoms with Crippen LogP contribution in [0.2, 0.25) is 0 Å². The van der Waals surface area contributed by atoms with Gasteiger partial charge in [0.05, 0.1) is 16.2 Å². The van der Waals surface area contributed by atoms with Crippen LogP contribution in [0.5, 0.6) is 0 Å². The number of carbonyl (C=O) groups excluding carboxylic acids is 1. The molecule has 0 aromatic heterocycles. The molecule has 29 heavy (non-hydrogen) atoms. The number of rotatable bonds is 6. The fraction of sp³-hybridized carbons (Fsp3) is 0.682. The first-order chi connectivity index (χ1) is 13.8. The summed E-state index contributed by atoms with van der Waals surface area (Å²) in [5.41, 5.74) is 1.18. The van der Waals surface area contributed by atoms with Crippen molar-refractivity contribution in [3.8, 4) is 0 Å². The molecule has 7 nitrogen and oxygen atoms in total. The van der Waals surface area contributed by atoms with Crippen molar-refractivity contribution in [1.82, 2.24) is 10.2 Å². The van der Waals surface area contributed by atoms with E-state index in [2.05, 4.69) is 29.0 Å². The summed E-state index contributed by atoms with van der Waals surface area (Å²) < 4.78 is 0. The van der Waals surface area contributed by atoms with Crippen LogP contribution in [0.25, 0.3) is 0 Å². The highest BCUT2D eigenvalue weighted by molar-refractivity contribution is 6.00. The van der Waals surface area contributed by atoms with Crippen LogP contribution in [0, 0.1) is 22.0 Å². The van der Waals surface area contributed by atoms with Crippen molar-refractivity contribution in [2.75, 3.05) is 37.6 Å². The van der Waals surface area contributed by atoms with E-state index in [1.807, 2.05) is 6.92 Å². The zero-order chi connectivity index (χ0) is 21.0. The highest BCUT2D eigenvalue weighted by atomic mass is 16.6. The van der Waals surface area contributed by atoms with Gasteiger partial charge in [0, 0.05) is 50.9 Å². The minimum Gasteiger partial charge on any atom is -0.371 e. The topological polar surface area (TPSA) is 78.7 Å². The summed E-state index contributed by atoms with van der Waals surface area (Å²) in [5.74, 6) is 1.12. The van der Waals surface area contributed by atoms with Crippen LogP contribution in [-0.4, -0.2) is 54.5 Å². The number of amides is 1. The maximum atomic E-state index is 13.1. The predicted octanol–water partition coefficient (Wildman–Crippen LogP) is 3.68. The van der Waals surface area contributed by atoms with Crippen LogP contribution in [0.1, 0.15) is 56.8 Å². The average molecular weight is 403 g/mol. The number of likely N-dealkylation sites (tertiary alicyclic amines) is 1. The van der Waals surface area contributed by atoms with Crippen molar-refractivity contribution in [2.24, 2.45) is 11.8 Å². The van der Waals surface area contributed by atoms with Gasteiger partial charge in [0.15, 0.2) is 0 Å². The van der Waals surface area contributed by atoms with Gasteiger partial charge >= 0.3 is 0 Å². The summed E-state index contributed by atoms with van der Waals surface area (Å²) in [5, 5.41) is 14.4. The molecule has 0 bridgehead atoms. The number of hydrogen-bond acceptors (Lipinski definition) is 5. The molecule has 3 rings (SSSR count). The number of hydrogen-bond donors (Lipinski definition) is 1. The second-order valence-corrected chi connectivity index (χ2v) is 9.05. The molecule has 1 N–H and O–H groups in total. The second-order valence-electron chi connectivity index (χ2n) is 9.05. The number of piperidine rings is 2. The number of benzene rings is 1. The number of non-ortho nitro benzene ring substituents is 1. The quantitative estimate of drug-likeness (QED) is 0.580. The zero-order valence-corrected chi connectivity index (χ0v) is 17.9. The molecule has 2 fully saturated rings. The molecule has 2 saturated heterocycles. The normalized spacial score (nSPS) is 24.2. The summed E-state index contributed by atoms with van der Waals surface area (Å²) in [4.78, 5) is 28.5. The van der Waals surface area contributed by atoms with Crippen LogP contribution in [0.15, 0.2) is 18.2 Å². The van der Waals surface area contributed by atoms with E-state index >= 15 is 0 Å². The van der Waals surface area contributed by atoms with Crippen molar-refractivity contribution in [3.63, 3.8) is 0 Å². The average Bonchev–Trinajstić information content (AvgIpc) is 2.67. The standard InChI is InChI=1S/C22H34N4O3/c1-16-11-17(2)14-24(13-16)15-18(3)23-22(27)20-12-19(26(28)29)7-8-21(20)25-9-5-4-6-10-25/h7-8,12,16-18H,4-6,9-11,13-15H2,1-3H3,(H,23,27). The van der Waals surface area contributed by atoms with E-state index in [0.717, 1.165) is 51.3 Å². The Morgan fingerprint density at radius 3 is 2.48 bits per heavy atom. The van der Waals surface area contributed by atoms with E-state index in [-0.39, 0.29) is 17.6 Å². The Bertz CT molecular complexity index is 723. The summed E-state index contributed by atoms with van der Waals surface area (Å²) in [7, 11) is 0. The van der Waals surface area contributed by atoms with Gasteiger partial charge in [0.25, 0.3) is 11.6 Å². The minimum absolute atomic E-state index is 0.0199. The molecule has 2 aliphatic heterocycles. The molecule has 3 unspecified atom stereocenters. The Morgan fingerprint density at radius 1 is 1.21 bits per heavy atom. The van der Waals surface area contributed by atoms with E-state index in [4.69, 9.17) is 0 Å². The van der Waals surface area contributed by atoms with Gasteiger partial charge in [-0.3, -0.25) is 14.9 Å². The third kappa shape index (κ3) is 5.69. The van der Waals surface area contributed by atoms with E-state index in [1.54, 1.807) is 6.07 Å². The molecule has 2 aliphatic rings. The number of anilines is 1. The third-order valence-electron chi connectivity index (χ3n) is 5.99. The highest BCUT2D eigenvalue weighted by Crippen LogP contribution is 2.28. The van der Waals surface area contributed by atoms with Gasteiger partial charge in [-0.05, 0) is 50.5 Å². The largest absolute Gasteiger partial charge is 0.371 e. The molecule has 1 amide bonds. The molecule has 0 radical (unpaired) electrons. The lowest BCUT2D eigenvalue weighted by Gasteiger charge is -2.36. The SMILES string of the molecule is CC1CC(C)CN(CC(C)NC(=O)c2cc([N+](=O)[O-])ccc2N2CCCCC2)C1. The van der Waals surface area contributed by atoms with E-state index in [9.17, 15) is 14.9 Å². The number of nitro benzene ring substituents is 1. The lowest BCUT2D eigenvalue weighted by atomic mass is 9.92. The van der Waals surface area contributed by atoms with Gasteiger partial charge in [-0.15, -0.1) is 0 Å². The second kappa shape index (κ2) is 9.57. The van der Waals surface area contributed by atoms with E-state index in [0.29, 0.717) is 17.4 Å². The van der Waals surface area contributed by atoms with Gasteiger partial charge in [0.1, 0.15) is 0 Å². The van der Waals surface area contributed by atoms with Gasteiger partial charge < -0.3 is 15.1 Å². The van der Waals surface area contributed by atoms with E-state index in [1.165, 1.54) is 25.0 Å². The molecule has 160 valence electrons. The first-order valence-electron chi connectivity index (χ1n) is 10.9. The molecule has 0 spiro atoms. The third-order valence-corrected chi connectivity index (χ3v) is 5.99. The first kappa shape index (κ1) is 21.6. The molecule has 7 heteroatoms. The van der Waals surface area contributed by atoms with Crippen molar-refractivity contribution < 1.29 is 9.72 Å². The number of nitro groups is 1. The van der Waals surface area contributed by atoms with Crippen molar-refractivity contribution >= 4 is 17.3 Å². The van der Waals surface area contributed by atoms with Crippen molar-refractivity contribution in [3.05, 3.63) is 33.9 Å². The van der Waals surface area contributed by atoms with Gasteiger partial charge in [0.2, 0.25) is 0 Å². The molecule has 0 saturated carbocycles. The maximum Gasteiger partial charge on any atom is 0.270 e. The maximum absolute atomic E-state index is 13.1. The number of carbonyl (C=O) groups is 1. The highest BCUT2D eigenvalue weighted by Gasteiger charge is 2.25. The van der Waals surface area contributed by atoms with Gasteiger partial charge in [-0.25, -0.2) is 0 Å². The summed E-state index contributed by atoms with van der Waals surface area (Å²) in [6, 6.07) is 4.64. The molecule has 2 heterocycles. The molecule has 0 aliphatic carbocycles. The van der Waals surface area contributed by atoms with E-state index < -0.39 is 4.92 Å². The summed E-state index contributed by atoms with van der Waals surface area (Å²) in [6.45, 7) is 11.3. The van der Waals surface area contributed by atoms with Crippen LogP contribution >= 0.6 is 0 Å². The minimum atomic E-state index is -0.434. The van der Waals surface area contributed by atoms with Crippen molar-refractivity contribution in [1.29, 1.82) is 0 Å². The summed E-state index contributed by atoms with van der Waals surface area (Å²) in [6.07, 6.45) is 4.61. The Labute approximate surface area is 173 Å². The van der Waals surface area contributed by atoms with Crippen LogP contribution in [0.3, 0.4) is 0 Å². The fourth-order valence-corrected chi connectivity index (χ4v) is 4.91. The van der Waals surface area contributed by atoms with Crippen LogP contribution in [-0.2, 0) is 0 Å². The first-order valence-corrected chi connectivity index (χ1v) is 10.9. The number of nitrogens with one attached hydrogen (secondary N) is 1. The van der Waals surface area contributed by atoms with Crippen LogP contribution < -0.4 is 10.2 Å². The predicted molar refractivity (Wildman–Crippen MR) is 115 cm³/mol. The number of nitrogens with zero attached hydrogens (tertiary/aromatic N) is 3. The van der Waals surface area contributed by atoms with Gasteiger partial charge in [-0.2, -0.15) is 0 Å². The molecular formula is C22H34N4O3. The summed E-state index contributed by atoms with van der Waals surface area (Å²) >= 11 is 0. The molecule has 3 atom stereocenters.